The van der Waals surface area contributed by atoms with Crippen LogP contribution in [0.15, 0.2) is 18.5 Å². The highest BCUT2D eigenvalue weighted by Crippen LogP contribution is 2.28. The molecule has 66 valence electrons. The SMILES string of the molecule is O=C(n1ccc(Cl)c1)C(Cl)(Cl)Cl. The molecule has 0 amide bonds. The van der Waals surface area contributed by atoms with Crippen molar-refractivity contribution in [1.29, 1.82) is 0 Å². The van der Waals surface area contributed by atoms with E-state index < -0.39 is 9.70 Å². The summed E-state index contributed by atoms with van der Waals surface area (Å²) in [5.74, 6) is -0.653. The topological polar surface area (TPSA) is 22.0 Å². The number of hydrogen-bond acceptors (Lipinski definition) is 1. The van der Waals surface area contributed by atoms with Crippen LogP contribution in [0.3, 0.4) is 0 Å². The second-order valence-electron chi connectivity index (χ2n) is 2.04. The lowest BCUT2D eigenvalue weighted by Gasteiger charge is -2.08. The van der Waals surface area contributed by atoms with Crippen LogP contribution in [-0.4, -0.2) is 14.3 Å². The van der Waals surface area contributed by atoms with Crippen LogP contribution < -0.4 is 0 Å². The van der Waals surface area contributed by atoms with E-state index in [1.165, 1.54) is 18.5 Å². The van der Waals surface area contributed by atoms with Crippen molar-refractivity contribution < 1.29 is 4.79 Å². The minimum Gasteiger partial charge on any atom is -0.289 e. The summed E-state index contributed by atoms with van der Waals surface area (Å²) in [6.45, 7) is 0. The van der Waals surface area contributed by atoms with E-state index in [0.717, 1.165) is 4.57 Å². The Morgan fingerprint density at radius 2 is 2.00 bits per heavy atom. The summed E-state index contributed by atoms with van der Waals surface area (Å²) in [5.41, 5.74) is 0. The minimum absolute atomic E-state index is 0.414. The van der Waals surface area contributed by atoms with Crippen LogP contribution in [0.25, 0.3) is 0 Å². The zero-order valence-electron chi connectivity index (χ0n) is 5.60. The molecule has 0 N–H and O–H groups in total. The van der Waals surface area contributed by atoms with Crippen LogP contribution in [0.5, 0.6) is 0 Å². The van der Waals surface area contributed by atoms with E-state index in [1.807, 2.05) is 0 Å². The number of aromatic nitrogens is 1. The van der Waals surface area contributed by atoms with Gasteiger partial charge in [0.15, 0.2) is 0 Å². The number of carbonyl (C=O) groups is 1. The van der Waals surface area contributed by atoms with E-state index in [9.17, 15) is 4.79 Å². The fourth-order valence-corrected chi connectivity index (χ4v) is 1.10. The normalized spacial score (nSPS) is 11.7. The number of carbonyl (C=O) groups excluding carboxylic acids is 1. The monoisotopic (exact) mass is 245 g/mol. The Morgan fingerprint density at radius 1 is 1.42 bits per heavy atom. The molecule has 0 radical (unpaired) electrons. The summed E-state index contributed by atoms with van der Waals surface area (Å²) < 4.78 is -0.822. The highest BCUT2D eigenvalue weighted by molar-refractivity contribution is 6.76. The molecular formula is C6H3Cl4NO. The van der Waals surface area contributed by atoms with Gasteiger partial charge >= 0.3 is 0 Å². The average Bonchev–Trinajstić information content (AvgIpc) is 2.32. The molecule has 0 unspecified atom stereocenters. The Hall–Kier alpha value is 0.110. The molecule has 1 aromatic heterocycles. The molecule has 0 atom stereocenters. The third kappa shape index (κ3) is 2.30. The third-order valence-corrected chi connectivity index (χ3v) is 1.84. The molecule has 1 rings (SSSR count). The van der Waals surface area contributed by atoms with Crippen LogP contribution in [-0.2, 0) is 0 Å². The van der Waals surface area contributed by atoms with E-state index in [0.29, 0.717) is 5.02 Å². The molecule has 1 aromatic rings. The van der Waals surface area contributed by atoms with E-state index >= 15 is 0 Å². The first-order chi connectivity index (χ1) is 5.41. The minimum atomic E-state index is -1.94. The second kappa shape index (κ2) is 3.46. The predicted octanol–water partition coefficient (Wildman–Crippen LogP) is 3.15. The van der Waals surface area contributed by atoms with Crippen LogP contribution >= 0.6 is 46.4 Å². The summed E-state index contributed by atoms with van der Waals surface area (Å²) in [6, 6.07) is 1.52. The fraction of sp³-hybridized carbons (Fsp3) is 0.167. The average molecular weight is 247 g/mol. The van der Waals surface area contributed by atoms with Crippen molar-refractivity contribution in [2.24, 2.45) is 0 Å². The maximum Gasteiger partial charge on any atom is 0.282 e. The van der Waals surface area contributed by atoms with Crippen molar-refractivity contribution in [2.75, 3.05) is 0 Å². The fourth-order valence-electron chi connectivity index (χ4n) is 0.643. The van der Waals surface area contributed by atoms with Crippen LogP contribution in [0, 0.1) is 0 Å². The van der Waals surface area contributed by atoms with Gasteiger partial charge in [-0.2, -0.15) is 0 Å². The Bertz CT molecular complexity index is 301. The van der Waals surface area contributed by atoms with Gasteiger partial charge < -0.3 is 0 Å². The molecular weight excluding hydrogens is 244 g/mol. The molecule has 0 aliphatic rings. The Kier molecular flexibility index (Phi) is 2.94. The highest BCUT2D eigenvalue weighted by Gasteiger charge is 2.31. The molecule has 0 aromatic carbocycles. The summed E-state index contributed by atoms with van der Waals surface area (Å²) in [5, 5.41) is 0.414. The smallest absolute Gasteiger partial charge is 0.282 e. The van der Waals surface area contributed by atoms with Gasteiger partial charge in [0, 0.05) is 12.4 Å². The van der Waals surface area contributed by atoms with Crippen molar-refractivity contribution in [3.8, 4) is 0 Å². The van der Waals surface area contributed by atoms with Crippen molar-refractivity contribution in [3.63, 3.8) is 0 Å². The zero-order valence-corrected chi connectivity index (χ0v) is 8.62. The largest absolute Gasteiger partial charge is 0.289 e. The number of hydrogen-bond donors (Lipinski definition) is 0. The van der Waals surface area contributed by atoms with Gasteiger partial charge in [-0.3, -0.25) is 9.36 Å². The second-order valence-corrected chi connectivity index (χ2v) is 4.76. The Morgan fingerprint density at radius 3 is 2.33 bits per heavy atom. The third-order valence-electron chi connectivity index (χ3n) is 1.13. The van der Waals surface area contributed by atoms with Gasteiger partial charge in [0.2, 0.25) is 0 Å². The lowest BCUT2D eigenvalue weighted by Crippen LogP contribution is -2.24. The molecule has 6 heteroatoms. The number of halogens is 4. The zero-order chi connectivity index (χ0) is 9.35. The van der Waals surface area contributed by atoms with Gasteiger partial charge in [0.25, 0.3) is 9.70 Å². The van der Waals surface area contributed by atoms with Crippen molar-refractivity contribution in [2.45, 2.75) is 3.79 Å². The molecule has 0 fully saturated rings. The molecule has 0 aliphatic heterocycles. The van der Waals surface area contributed by atoms with Gasteiger partial charge in [0.05, 0.1) is 5.02 Å². The van der Waals surface area contributed by atoms with Crippen LogP contribution in [0.1, 0.15) is 4.79 Å². The number of alkyl halides is 3. The number of rotatable bonds is 0. The van der Waals surface area contributed by atoms with E-state index in [-0.39, 0.29) is 0 Å². The van der Waals surface area contributed by atoms with Crippen molar-refractivity contribution in [3.05, 3.63) is 23.5 Å². The van der Waals surface area contributed by atoms with E-state index in [2.05, 4.69) is 0 Å². The molecule has 0 saturated carbocycles. The molecule has 0 aliphatic carbocycles. The molecule has 2 nitrogen and oxygen atoms in total. The first-order valence-electron chi connectivity index (χ1n) is 2.86. The van der Waals surface area contributed by atoms with Gasteiger partial charge in [-0.25, -0.2) is 0 Å². The first-order valence-corrected chi connectivity index (χ1v) is 4.37. The summed E-state index contributed by atoms with van der Waals surface area (Å²) in [4.78, 5) is 11.2. The molecule has 0 bridgehead atoms. The lowest BCUT2D eigenvalue weighted by atomic mass is 10.6. The van der Waals surface area contributed by atoms with Gasteiger partial charge in [-0.15, -0.1) is 0 Å². The van der Waals surface area contributed by atoms with Crippen LogP contribution in [0.2, 0.25) is 5.02 Å². The van der Waals surface area contributed by atoms with Gasteiger partial charge in [0.1, 0.15) is 0 Å². The standard InChI is InChI=1S/C6H3Cl4NO/c7-4-1-2-11(3-4)5(12)6(8,9)10/h1-3H. The van der Waals surface area contributed by atoms with Crippen molar-refractivity contribution >= 4 is 52.3 Å². The molecule has 1 heterocycles. The van der Waals surface area contributed by atoms with Crippen molar-refractivity contribution in [1.82, 2.24) is 4.57 Å². The molecule has 0 saturated heterocycles. The Balaban J connectivity index is 2.93. The Labute approximate surface area is 89.0 Å². The van der Waals surface area contributed by atoms with E-state index in [4.69, 9.17) is 46.4 Å². The molecule has 0 spiro atoms. The summed E-state index contributed by atoms with van der Waals surface area (Å²) in [6.07, 6.45) is 2.79. The summed E-state index contributed by atoms with van der Waals surface area (Å²) in [7, 11) is 0. The predicted molar refractivity (Wildman–Crippen MR) is 50.4 cm³/mol. The molecule has 12 heavy (non-hydrogen) atoms. The summed E-state index contributed by atoms with van der Waals surface area (Å²) >= 11 is 21.6. The maximum atomic E-state index is 11.2. The van der Waals surface area contributed by atoms with E-state index in [1.54, 1.807) is 0 Å². The highest BCUT2D eigenvalue weighted by atomic mass is 35.6. The van der Waals surface area contributed by atoms with Crippen LogP contribution in [0.4, 0.5) is 0 Å². The quantitative estimate of drug-likeness (QED) is 0.645. The van der Waals surface area contributed by atoms with Gasteiger partial charge in [-0.05, 0) is 6.07 Å². The first kappa shape index (κ1) is 10.2. The number of nitrogens with zero attached hydrogens (tertiary/aromatic N) is 1. The van der Waals surface area contributed by atoms with Gasteiger partial charge in [-0.1, -0.05) is 46.4 Å². The lowest BCUT2D eigenvalue weighted by molar-refractivity contribution is 0.0918. The maximum absolute atomic E-state index is 11.2.